The van der Waals surface area contributed by atoms with E-state index in [1.165, 1.54) is 6.20 Å². The summed E-state index contributed by atoms with van der Waals surface area (Å²) in [4.78, 5) is 44.1. The van der Waals surface area contributed by atoms with Gasteiger partial charge in [-0.2, -0.15) is 4.98 Å². The van der Waals surface area contributed by atoms with Crippen LogP contribution in [0.2, 0.25) is 5.02 Å². The van der Waals surface area contributed by atoms with Gasteiger partial charge in [0.15, 0.2) is 11.5 Å². The van der Waals surface area contributed by atoms with Crippen molar-refractivity contribution in [3.05, 3.63) is 94.7 Å². The van der Waals surface area contributed by atoms with Crippen LogP contribution in [0.3, 0.4) is 0 Å². The lowest BCUT2D eigenvalue weighted by Gasteiger charge is -2.18. The molecule has 11 nitrogen and oxygen atoms in total. The predicted molar refractivity (Wildman–Crippen MR) is 166 cm³/mol. The van der Waals surface area contributed by atoms with Crippen molar-refractivity contribution in [2.24, 2.45) is 5.92 Å². The van der Waals surface area contributed by atoms with Crippen molar-refractivity contribution in [1.82, 2.24) is 19.9 Å². The number of likely N-dealkylation sites (tertiary alicyclic amines) is 1. The fraction of sp³-hybridized carbons (Fsp3) is 0.226. The van der Waals surface area contributed by atoms with Crippen molar-refractivity contribution in [2.45, 2.75) is 25.7 Å². The molecular formula is C31H28ClN9O2. The number of hydrogen-bond donors (Lipinski definition) is 4. The lowest BCUT2D eigenvalue weighted by Crippen LogP contribution is -2.33. The summed E-state index contributed by atoms with van der Waals surface area (Å²) < 4.78 is 0. The molecule has 6 rings (SSSR count). The fourth-order valence-electron chi connectivity index (χ4n) is 5.22. The number of aromatic nitrogens is 3. The van der Waals surface area contributed by atoms with E-state index >= 15 is 0 Å². The quantitative estimate of drug-likeness (QED) is 0.198. The Kier molecular flexibility index (Phi) is 8.02. The lowest BCUT2D eigenvalue weighted by molar-refractivity contribution is -0.117. The topological polar surface area (TPSA) is 129 Å². The Bertz CT molecular complexity index is 1720. The summed E-state index contributed by atoms with van der Waals surface area (Å²) in [5, 5.41) is 12.8. The summed E-state index contributed by atoms with van der Waals surface area (Å²) in [5.74, 6) is 0.808. The zero-order valence-electron chi connectivity index (χ0n) is 23.1. The number of nitrogens with zero attached hydrogens (tertiary/aromatic N) is 5. The van der Waals surface area contributed by atoms with E-state index in [0.29, 0.717) is 60.5 Å². The Morgan fingerprint density at radius 2 is 1.88 bits per heavy atom. The van der Waals surface area contributed by atoms with Crippen LogP contribution in [-0.4, -0.2) is 44.9 Å². The number of pyridine rings is 1. The van der Waals surface area contributed by atoms with Gasteiger partial charge in [-0.25, -0.2) is 14.6 Å². The number of anilines is 6. The smallest absolute Gasteiger partial charge is 0.321 e. The second kappa shape index (κ2) is 12.3. The van der Waals surface area contributed by atoms with E-state index in [2.05, 4.69) is 41.1 Å². The summed E-state index contributed by atoms with van der Waals surface area (Å²) in [7, 11) is 0. The van der Waals surface area contributed by atoms with Gasteiger partial charge in [-0.05, 0) is 72.7 Å². The zero-order valence-corrected chi connectivity index (χ0v) is 23.9. The summed E-state index contributed by atoms with van der Waals surface area (Å²) in [5.41, 5.74) is 5.41. The van der Waals surface area contributed by atoms with E-state index in [4.69, 9.17) is 18.2 Å². The Morgan fingerprint density at radius 3 is 2.72 bits per heavy atom. The molecule has 0 saturated carbocycles. The molecule has 0 aliphatic carbocycles. The summed E-state index contributed by atoms with van der Waals surface area (Å²) in [6.45, 7) is 8.12. The van der Waals surface area contributed by atoms with Crippen molar-refractivity contribution in [2.75, 3.05) is 34.4 Å². The lowest BCUT2D eigenvalue weighted by atomic mass is 10.0. The molecule has 0 radical (unpaired) electrons. The number of aryl methyl sites for hydroxylation is 2. The number of carbonyl (C=O) groups excluding carboxylic acids is 2. The maximum Gasteiger partial charge on any atom is 0.321 e. The van der Waals surface area contributed by atoms with E-state index < -0.39 is 0 Å². The highest BCUT2D eigenvalue weighted by atomic mass is 35.5. The van der Waals surface area contributed by atoms with E-state index in [1.54, 1.807) is 35.4 Å². The van der Waals surface area contributed by atoms with Gasteiger partial charge in [0.05, 0.1) is 24.7 Å². The monoisotopic (exact) mass is 593 g/mol. The molecule has 4 N–H and O–H groups in total. The fourth-order valence-corrected chi connectivity index (χ4v) is 5.36. The van der Waals surface area contributed by atoms with Gasteiger partial charge >= 0.3 is 6.03 Å². The average molecular weight is 594 g/mol. The molecule has 2 aromatic heterocycles. The number of carbonyl (C=O) groups is 2. The second-order valence-electron chi connectivity index (χ2n) is 10.5. The van der Waals surface area contributed by atoms with Crippen LogP contribution < -0.4 is 21.3 Å². The van der Waals surface area contributed by atoms with Gasteiger partial charge in [-0.15, -0.1) is 0 Å². The van der Waals surface area contributed by atoms with E-state index in [0.717, 1.165) is 34.6 Å². The van der Waals surface area contributed by atoms with Gasteiger partial charge in [0.1, 0.15) is 5.02 Å². The van der Waals surface area contributed by atoms with Crippen LogP contribution in [0.4, 0.5) is 45.0 Å². The van der Waals surface area contributed by atoms with Gasteiger partial charge in [0.25, 0.3) is 0 Å². The SMILES string of the molecule is [C-]#[N+]c1ccc(NC(=O)N2CC[C@@H](CC(=O)Nc3ccc4cc3CCc3cncc(c3)Nc3ncc(Cl)c(n3)N4)C2)cc1. The standard InChI is InChI=1S/C31H28ClN9O2/c1-33-22-4-6-23(7-5-22)38-31(43)41-11-10-20(18-41)13-28(42)39-27-9-8-24-14-21(27)3-2-19-12-25(16-34-15-19)37-30-35-17-26(32)29(36-24)40-30/h4-9,12,14-17,20H,2-3,10-11,13,18H2,(H,38,43)(H,39,42)(H2,35,36,37,40)/t20-/m0/s1. The van der Waals surface area contributed by atoms with Crippen LogP contribution in [0, 0.1) is 12.5 Å². The maximum atomic E-state index is 13.2. The largest absolute Gasteiger partial charge is 0.339 e. The molecule has 12 heteroatoms. The number of urea groups is 1. The first kappa shape index (κ1) is 27.9. The first-order valence-corrected chi connectivity index (χ1v) is 14.3. The van der Waals surface area contributed by atoms with Crippen LogP contribution in [-0.2, 0) is 17.6 Å². The summed E-state index contributed by atoms with van der Waals surface area (Å²) >= 11 is 6.37. The molecule has 2 aliphatic heterocycles. The highest BCUT2D eigenvalue weighted by Gasteiger charge is 2.28. The van der Waals surface area contributed by atoms with Crippen LogP contribution in [0.5, 0.6) is 0 Å². The van der Waals surface area contributed by atoms with Crippen LogP contribution in [0.25, 0.3) is 4.85 Å². The Balaban J connectivity index is 1.12. The van der Waals surface area contributed by atoms with E-state index in [9.17, 15) is 9.59 Å². The van der Waals surface area contributed by atoms with Gasteiger partial charge in [0.2, 0.25) is 11.9 Å². The van der Waals surface area contributed by atoms with E-state index in [-0.39, 0.29) is 17.9 Å². The third kappa shape index (κ3) is 6.82. The molecule has 4 aromatic rings. The molecule has 6 bridgehead atoms. The van der Waals surface area contributed by atoms with Gasteiger partial charge in [0, 0.05) is 42.8 Å². The van der Waals surface area contributed by atoms with Crippen molar-refractivity contribution in [3.8, 4) is 0 Å². The van der Waals surface area contributed by atoms with Gasteiger partial charge in [-0.3, -0.25) is 9.78 Å². The molecule has 2 aromatic carbocycles. The van der Waals surface area contributed by atoms with Crippen molar-refractivity contribution in [3.63, 3.8) is 0 Å². The third-order valence-electron chi connectivity index (χ3n) is 7.42. The highest BCUT2D eigenvalue weighted by Crippen LogP contribution is 2.30. The Morgan fingerprint density at radius 1 is 1.02 bits per heavy atom. The molecule has 0 unspecified atom stereocenters. The molecule has 1 saturated heterocycles. The average Bonchev–Trinajstić information content (AvgIpc) is 3.47. The molecule has 1 fully saturated rings. The third-order valence-corrected chi connectivity index (χ3v) is 7.69. The first-order chi connectivity index (χ1) is 20.9. The molecule has 4 heterocycles. The zero-order chi connectivity index (χ0) is 29.8. The number of nitrogens with one attached hydrogen (secondary N) is 4. The number of halogens is 1. The number of amides is 3. The number of fused-ring (bicyclic) bond motifs is 6. The number of hydrogen-bond acceptors (Lipinski definition) is 7. The van der Waals surface area contributed by atoms with E-state index in [1.807, 2.05) is 30.5 Å². The molecule has 2 aliphatic rings. The Labute approximate surface area is 253 Å². The van der Waals surface area contributed by atoms with Crippen molar-refractivity contribution < 1.29 is 9.59 Å². The minimum Gasteiger partial charge on any atom is -0.339 e. The molecule has 3 amide bonds. The number of rotatable bonds is 4. The van der Waals surface area contributed by atoms with Crippen LogP contribution >= 0.6 is 11.6 Å². The molecular weight excluding hydrogens is 566 g/mol. The molecule has 0 spiro atoms. The number of benzene rings is 2. The van der Waals surface area contributed by atoms with Crippen molar-refractivity contribution >= 4 is 63.7 Å². The normalized spacial score (nSPS) is 15.4. The molecule has 1 atom stereocenters. The van der Waals surface area contributed by atoms with Crippen LogP contribution in [0.1, 0.15) is 24.0 Å². The predicted octanol–water partition coefficient (Wildman–Crippen LogP) is 6.54. The van der Waals surface area contributed by atoms with Crippen molar-refractivity contribution in [1.29, 1.82) is 0 Å². The molecule has 43 heavy (non-hydrogen) atoms. The minimum atomic E-state index is -0.211. The maximum absolute atomic E-state index is 13.2. The first-order valence-electron chi connectivity index (χ1n) is 13.9. The second-order valence-corrected chi connectivity index (χ2v) is 10.9. The summed E-state index contributed by atoms with van der Waals surface area (Å²) in [6, 6.07) is 14.3. The molecule has 216 valence electrons. The highest BCUT2D eigenvalue weighted by molar-refractivity contribution is 6.32. The summed E-state index contributed by atoms with van der Waals surface area (Å²) in [6.07, 6.45) is 7.49. The van der Waals surface area contributed by atoms with Gasteiger partial charge < -0.3 is 26.2 Å². The van der Waals surface area contributed by atoms with Gasteiger partial charge in [-0.1, -0.05) is 23.7 Å². The van der Waals surface area contributed by atoms with Crippen LogP contribution in [0.15, 0.2) is 67.1 Å². The minimum absolute atomic E-state index is 0.0525. The Hall–Kier alpha value is -5.21.